The maximum absolute atomic E-state index is 2.35. The minimum absolute atomic E-state index is 0.603. The Morgan fingerprint density at radius 2 is 1.55 bits per heavy atom. The molecule has 0 spiro atoms. The largest absolute Gasteiger partial charge is 0.0805 e. The van der Waals surface area contributed by atoms with E-state index in [-0.39, 0.29) is 0 Å². The zero-order chi connectivity index (χ0) is 13.7. The summed E-state index contributed by atoms with van der Waals surface area (Å²) in [7, 11) is 0. The molecule has 2 atom stereocenters. The van der Waals surface area contributed by atoms with E-state index in [0.29, 0.717) is 11.8 Å². The molecular formula is C20H18. The summed E-state index contributed by atoms with van der Waals surface area (Å²) in [5, 5.41) is 5.43. The molecule has 0 radical (unpaired) electrons. The van der Waals surface area contributed by atoms with Crippen molar-refractivity contribution in [2.24, 2.45) is 5.92 Å². The van der Waals surface area contributed by atoms with E-state index in [1.165, 1.54) is 32.7 Å². The SMILES string of the molecule is CC1C=Cc2c(ccc3c2ccc2ccccc23)C1C. The van der Waals surface area contributed by atoms with Gasteiger partial charge >= 0.3 is 0 Å². The standard InChI is InChI=1S/C20H18/c1-13-7-9-18-16(14(13)2)11-12-19-17-6-4-3-5-15(17)8-10-20(18)19/h3-14H,1-2H3. The summed E-state index contributed by atoms with van der Waals surface area (Å²) >= 11 is 0. The topological polar surface area (TPSA) is 0 Å². The highest BCUT2D eigenvalue weighted by Crippen LogP contribution is 2.38. The number of hydrogen-bond donors (Lipinski definition) is 0. The summed E-state index contributed by atoms with van der Waals surface area (Å²) in [5.41, 5.74) is 2.90. The molecule has 1 aliphatic carbocycles. The van der Waals surface area contributed by atoms with Crippen LogP contribution in [-0.2, 0) is 0 Å². The van der Waals surface area contributed by atoms with E-state index in [4.69, 9.17) is 0 Å². The van der Waals surface area contributed by atoms with Gasteiger partial charge in [0.15, 0.2) is 0 Å². The second-order valence-electron chi connectivity index (χ2n) is 5.96. The summed E-state index contributed by atoms with van der Waals surface area (Å²) in [5.74, 6) is 1.23. The summed E-state index contributed by atoms with van der Waals surface area (Å²) in [6.07, 6.45) is 4.67. The molecule has 98 valence electrons. The number of hydrogen-bond acceptors (Lipinski definition) is 0. The lowest BCUT2D eigenvalue weighted by molar-refractivity contribution is 0.586. The van der Waals surface area contributed by atoms with E-state index >= 15 is 0 Å². The molecule has 0 bridgehead atoms. The Bertz CT molecular complexity index is 839. The third kappa shape index (κ3) is 1.54. The van der Waals surface area contributed by atoms with Gasteiger partial charge in [-0.05, 0) is 44.5 Å². The Morgan fingerprint density at radius 1 is 0.750 bits per heavy atom. The smallest absolute Gasteiger partial charge is 0.00992 e. The molecule has 3 aromatic rings. The van der Waals surface area contributed by atoms with Gasteiger partial charge in [-0.2, -0.15) is 0 Å². The lowest BCUT2D eigenvalue weighted by atomic mass is 9.79. The number of rotatable bonds is 0. The zero-order valence-electron chi connectivity index (χ0n) is 11.9. The molecule has 1 aliphatic rings. The molecule has 0 fully saturated rings. The van der Waals surface area contributed by atoms with Crippen LogP contribution in [0.3, 0.4) is 0 Å². The van der Waals surface area contributed by atoms with Crippen molar-refractivity contribution >= 4 is 27.6 Å². The van der Waals surface area contributed by atoms with Crippen LogP contribution in [0.2, 0.25) is 0 Å². The van der Waals surface area contributed by atoms with Crippen molar-refractivity contribution in [1.29, 1.82) is 0 Å². The number of allylic oxidation sites excluding steroid dienone is 1. The summed E-state index contributed by atoms with van der Waals surface area (Å²) in [6.45, 7) is 4.63. The fraction of sp³-hybridized carbons (Fsp3) is 0.200. The van der Waals surface area contributed by atoms with E-state index < -0.39 is 0 Å². The lowest BCUT2D eigenvalue weighted by Crippen LogP contribution is -2.09. The van der Waals surface area contributed by atoms with Gasteiger partial charge in [0.2, 0.25) is 0 Å². The maximum Gasteiger partial charge on any atom is -0.00992 e. The summed E-state index contributed by atoms with van der Waals surface area (Å²) in [4.78, 5) is 0. The first-order chi connectivity index (χ1) is 9.75. The molecule has 2 unspecified atom stereocenters. The van der Waals surface area contributed by atoms with E-state index in [0.717, 1.165) is 0 Å². The van der Waals surface area contributed by atoms with Crippen molar-refractivity contribution in [1.82, 2.24) is 0 Å². The average molecular weight is 258 g/mol. The number of benzene rings is 3. The highest BCUT2D eigenvalue weighted by molar-refractivity contribution is 6.10. The molecule has 4 rings (SSSR count). The van der Waals surface area contributed by atoms with Crippen LogP contribution in [0.5, 0.6) is 0 Å². The van der Waals surface area contributed by atoms with Crippen LogP contribution in [0.25, 0.3) is 27.6 Å². The van der Waals surface area contributed by atoms with Gasteiger partial charge in [-0.25, -0.2) is 0 Å². The summed E-state index contributed by atoms with van der Waals surface area (Å²) in [6, 6.07) is 17.8. The first-order valence-corrected chi connectivity index (χ1v) is 7.38. The number of fused-ring (bicyclic) bond motifs is 5. The average Bonchev–Trinajstić information content (AvgIpc) is 2.50. The Morgan fingerprint density at radius 3 is 2.45 bits per heavy atom. The van der Waals surface area contributed by atoms with Crippen molar-refractivity contribution in [3.05, 3.63) is 65.7 Å². The zero-order valence-corrected chi connectivity index (χ0v) is 11.9. The quantitative estimate of drug-likeness (QED) is 0.450. The third-order valence-electron chi connectivity index (χ3n) is 4.85. The van der Waals surface area contributed by atoms with E-state index in [1.54, 1.807) is 0 Å². The predicted molar refractivity (Wildman–Crippen MR) is 88.1 cm³/mol. The molecule has 0 amide bonds. The van der Waals surface area contributed by atoms with E-state index in [2.05, 4.69) is 74.5 Å². The van der Waals surface area contributed by atoms with Crippen molar-refractivity contribution in [2.75, 3.05) is 0 Å². The van der Waals surface area contributed by atoms with Crippen LogP contribution in [0.15, 0.2) is 54.6 Å². The Labute approximate surface area is 119 Å². The molecule has 0 nitrogen and oxygen atoms in total. The molecule has 0 saturated heterocycles. The van der Waals surface area contributed by atoms with Gasteiger partial charge in [0.05, 0.1) is 0 Å². The minimum Gasteiger partial charge on any atom is -0.0805 e. The van der Waals surface area contributed by atoms with Crippen molar-refractivity contribution in [3.8, 4) is 0 Å². The van der Waals surface area contributed by atoms with E-state index in [1.807, 2.05) is 0 Å². The van der Waals surface area contributed by atoms with Crippen molar-refractivity contribution in [2.45, 2.75) is 19.8 Å². The first kappa shape index (κ1) is 11.7. The normalized spacial score (nSPS) is 21.3. The molecule has 0 saturated carbocycles. The van der Waals surface area contributed by atoms with Crippen molar-refractivity contribution < 1.29 is 0 Å². The molecule has 0 aliphatic heterocycles. The minimum atomic E-state index is 0.603. The van der Waals surface area contributed by atoms with Crippen LogP contribution in [0, 0.1) is 5.92 Å². The van der Waals surface area contributed by atoms with Crippen LogP contribution >= 0.6 is 0 Å². The molecule has 3 aromatic carbocycles. The van der Waals surface area contributed by atoms with E-state index in [9.17, 15) is 0 Å². The molecule has 0 aromatic heterocycles. The molecule has 20 heavy (non-hydrogen) atoms. The van der Waals surface area contributed by atoms with Crippen molar-refractivity contribution in [3.63, 3.8) is 0 Å². The highest BCUT2D eigenvalue weighted by atomic mass is 14.2. The molecule has 0 heteroatoms. The predicted octanol–water partition coefficient (Wildman–Crippen LogP) is 5.76. The van der Waals surface area contributed by atoms with Gasteiger partial charge in [0, 0.05) is 0 Å². The Balaban J connectivity index is 2.12. The molecule has 0 heterocycles. The second kappa shape index (κ2) is 4.21. The Kier molecular flexibility index (Phi) is 2.47. The third-order valence-corrected chi connectivity index (χ3v) is 4.85. The van der Waals surface area contributed by atoms with Crippen LogP contribution in [-0.4, -0.2) is 0 Å². The first-order valence-electron chi connectivity index (χ1n) is 7.38. The van der Waals surface area contributed by atoms with Gasteiger partial charge in [-0.1, -0.05) is 74.5 Å². The van der Waals surface area contributed by atoms with Gasteiger partial charge in [-0.15, -0.1) is 0 Å². The van der Waals surface area contributed by atoms with Gasteiger partial charge in [0.1, 0.15) is 0 Å². The van der Waals surface area contributed by atoms with Gasteiger partial charge in [0.25, 0.3) is 0 Å². The molecule has 0 N–H and O–H groups in total. The fourth-order valence-corrected chi connectivity index (χ4v) is 3.41. The lowest BCUT2D eigenvalue weighted by Gasteiger charge is -2.25. The van der Waals surface area contributed by atoms with Crippen LogP contribution in [0.4, 0.5) is 0 Å². The second-order valence-corrected chi connectivity index (χ2v) is 5.96. The van der Waals surface area contributed by atoms with Crippen LogP contribution < -0.4 is 0 Å². The monoisotopic (exact) mass is 258 g/mol. The van der Waals surface area contributed by atoms with Gasteiger partial charge < -0.3 is 0 Å². The summed E-state index contributed by atoms with van der Waals surface area (Å²) < 4.78 is 0. The van der Waals surface area contributed by atoms with Crippen LogP contribution in [0.1, 0.15) is 30.9 Å². The molecular weight excluding hydrogens is 240 g/mol. The highest BCUT2D eigenvalue weighted by Gasteiger charge is 2.20. The maximum atomic E-state index is 2.35. The fourth-order valence-electron chi connectivity index (χ4n) is 3.41. The van der Waals surface area contributed by atoms with Gasteiger partial charge in [-0.3, -0.25) is 0 Å². The Hall–Kier alpha value is -2.08.